The number of carbonyl (C=O) groups excluding carboxylic acids is 2. The van der Waals surface area contributed by atoms with Crippen LogP contribution in [0.1, 0.15) is 73.6 Å². The fourth-order valence-corrected chi connectivity index (χ4v) is 1.59. The van der Waals surface area contributed by atoms with Crippen LogP contribution in [-0.4, -0.2) is 37.6 Å². The summed E-state index contributed by atoms with van der Waals surface area (Å²) in [6.07, 6.45) is 3.52. The summed E-state index contributed by atoms with van der Waals surface area (Å²) >= 11 is 0. The van der Waals surface area contributed by atoms with Crippen molar-refractivity contribution in [3.05, 3.63) is 0 Å². The highest BCUT2D eigenvalue weighted by Crippen LogP contribution is 2.15. The molecule has 138 valence electrons. The maximum absolute atomic E-state index is 11.5. The Morgan fingerprint density at radius 3 is 2.09 bits per heavy atom. The van der Waals surface area contributed by atoms with E-state index in [1.807, 2.05) is 13.8 Å². The van der Waals surface area contributed by atoms with Crippen molar-refractivity contribution < 1.29 is 14.3 Å². The van der Waals surface area contributed by atoms with E-state index < -0.39 is 0 Å². The molecule has 0 radical (unpaired) electrons. The lowest BCUT2D eigenvalue weighted by Gasteiger charge is -2.26. The monoisotopic (exact) mass is 330 g/mol. The Hall–Kier alpha value is -1.10. The van der Waals surface area contributed by atoms with Gasteiger partial charge in [-0.3, -0.25) is 9.59 Å². The summed E-state index contributed by atoms with van der Waals surface area (Å²) in [5, 5.41) is 5.31. The van der Waals surface area contributed by atoms with E-state index in [2.05, 4.69) is 38.3 Å². The van der Waals surface area contributed by atoms with Gasteiger partial charge >= 0.3 is 0 Å². The average molecular weight is 331 g/mol. The first kappa shape index (κ1) is 24.2. The summed E-state index contributed by atoms with van der Waals surface area (Å²) in [6, 6.07) is 0. The number of amides is 2. The highest BCUT2D eigenvalue weighted by atomic mass is 16.5. The van der Waals surface area contributed by atoms with Crippen LogP contribution < -0.4 is 10.6 Å². The second-order valence-electron chi connectivity index (χ2n) is 6.77. The minimum atomic E-state index is -0.233. The smallest absolute Gasteiger partial charge is 0.220 e. The zero-order valence-electron chi connectivity index (χ0n) is 16.3. The number of carbonyl (C=O) groups is 2. The molecule has 0 aliphatic carbocycles. The molecule has 0 saturated heterocycles. The molecule has 23 heavy (non-hydrogen) atoms. The van der Waals surface area contributed by atoms with Gasteiger partial charge in [0.2, 0.25) is 11.8 Å². The molecule has 2 amide bonds. The van der Waals surface area contributed by atoms with Crippen molar-refractivity contribution in [1.29, 1.82) is 0 Å². The fourth-order valence-electron chi connectivity index (χ4n) is 1.59. The molecule has 5 heteroatoms. The summed E-state index contributed by atoms with van der Waals surface area (Å²) in [4.78, 5) is 22.5. The first-order chi connectivity index (χ1) is 10.7. The van der Waals surface area contributed by atoms with E-state index in [9.17, 15) is 9.59 Å². The SMILES string of the molecule is CCC.CNC(=O)CCC(=O)NCCC(C)(C)OCCC(C)C. The van der Waals surface area contributed by atoms with Crippen molar-refractivity contribution in [3.8, 4) is 0 Å². The third-order valence-electron chi connectivity index (χ3n) is 3.10. The molecule has 0 spiro atoms. The normalized spacial score (nSPS) is 10.8. The van der Waals surface area contributed by atoms with E-state index in [4.69, 9.17) is 4.74 Å². The van der Waals surface area contributed by atoms with Gasteiger partial charge in [0.05, 0.1) is 5.60 Å². The van der Waals surface area contributed by atoms with Gasteiger partial charge in [0.25, 0.3) is 0 Å². The van der Waals surface area contributed by atoms with E-state index in [0.29, 0.717) is 12.5 Å². The third kappa shape index (κ3) is 18.9. The summed E-state index contributed by atoms with van der Waals surface area (Å²) in [5.41, 5.74) is -0.233. The Labute approximate surface area is 142 Å². The summed E-state index contributed by atoms with van der Waals surface area (Å²) in [7, 11) is 1.57. The van der Waals surface area contributed by atoms with Crippen LogP contribution in [0.2, 0.25) is 0 Å². The van der Waals surface area contributed by atoms with Gasteiger partial charge in [0.1, 0.15) is 0 Å². The van der Waals surface area contributed by atoms with Crippen molar-refractivity contribution in [2.75, 3.05) is 20.2 Å². The summed E-state index contributed by atoms with van der Waals surface area (Å²) < 4.78 is 5.82. The molecule has 0 bridgehead atoms. The average Bonchev–Trinajstić information content (AvgIpc) is 2.44. The van der Waals surface area contributed by atoms with Crippen molar-refractivity contribution in [2.24, 2.45) is 5.92 Å². The van der Waals surface area contributed by atoms with Gasteiger partial charge in [0.15, 0.2) is 0 Å². The van der Waals surface area contributed by atoms with Crippen LogP contribution in [0.5, 0.6) is 0 Å². The second kappa shape index (κ2) is 14.5. The van der Waals surface area contributed by atoms with Crippen molar-refractivity contribution in [3.63, 3.8) is 0 Å². The minimum absolute atomic E-state index is 0.0911. The van der Waals surface area contributed by atoms with Crippen LogP contribution in [0, 0.1) is 5.92 Å². The van der Waals surface area contributed by atoms with Gasteiger partial charge in [-0.15, -0.1) is 0 Å². The summed E-state index contributed by atoms with van der Waals surface area (Å²) in [6.45, 7) is 14.0. The van der Waals surface area contributed by atoms with Crippen LogP contribution >= 0.6 is 0 Å². The van der Waals surface area contributed by atoms with Gasteiger partial charge in [-0.2, -0.15) is 0 Å². The maximum atomic E-state index is 11.5. The molecule has 0 heterocycles. The fraction of sp³-hybridized carbons (Fsp3) is 0.889. The summed E-state index contributed by atoms with van der Waals surface area (Å²) in [5.74, 6) is 0.430. The molecule has 0 aromatic rings. The Balaban J connectivity index is 0. The topological polar surface area (TPSA) is 67.4 Å². The molecule has 5 nitrogen and oxygen atoms in total. The van der Waals surface area contributed by atoms with E-state index in [1.54, 1.807) is 7.05 Å². The second-order valence-corrected chi connectivity index (χ2v) is 6.77. The highest BCUT2D eigenvalue weighted by molar-refractivity contribution is 5.83. The molecule has 0 aromatic carbocycles. The van der Waals surface area contributed by atoms with Gasteiger partial charge < -0.3 is 15.4 Å². The molecule has 0 unspecified atom stereocenters. The molecule has 0 saturated carbocycles. The molecular weight excluding hydrogens is 292 g/mol. The largest absolute Gasteiger partial charge is 0.375 e. The van der Waals surface area contributed by atoms with Crippen molar-refractivity contribution in [1.82, 2.24) is 10.6 Å². The zero-order chi connectivity index (χ0) is 18.3. The van der Waals surface area contributed by atoms with Crippen molar-refractivity contribution in [2.45, 2.75) is 79.2 Å². The zero-order valence-corrected chi connectivity index (χ0v) is 16.3. The lowest BCUT2D eigenvalue weighted by Crippen LogP contribution is -2.33. The molecule has 2 N–H and O–H groups in total. The number of rotatable bonds is 10. The molecule has 0 aromatic heterocycles. The van der Waals surface area contributed by atoms with Crippen LogP contribution in [0.4, 0.5) is 0 Å². The number of ether oxygens (including phenoxy) is 1. The molecule has 0 rings (SSSR count). The third-order valence-corrected chi connectivity index (χ3v) is 3.10. The van der Waals surface area contributed by atoms with E-state index in [1.165, 1.54) is 6.42 Å². The van der Waals surface area contributed by atoms with Crippen LogP contribution in [0.15, 0.2) is 0 Å². The number of nitrogens with one attached hydrogen (secondary N) is 2. The highest BCUT2D eigenvalue weighted by Gasteiger charge is 2.18. The Kier molecular flexibility index (Phi) is 15.2. The number of hydrogen-bond acceptors (Lipinski definition) is 3. The number of hydrogen-bond donors (Lipinski definition) is 2. The first-order valence-electron chi connectivity index (χ1n) is 8.79. The predicted molar refractivity (Wildman–Crippen MR) is 96.4 cm³/mol. The van der Waals surface area contributed by atoms with Gasteiger partial charge in [-0.1, -0.05) is 34.1 Å². The van der Waals surface area contributed by atoms with Crippen LogP contribution in [-0.2, 0) is 14.3 Å². The lowest BCUT2D eigenvalue weighted by atomic mass is 10.0. The van der Waals surface area contributed by atoms with Gasteiger partial charge in [-0.05, 0) is 32.6 Å². The Bertz CT molecular complexity index is 315. The molecule has 0 aliphatic rings. The Morgan fingerprint density at radius 2 is 1.61 bits per heavy atom. The van der Waals surface area contributed by atoms with Crippen molar-refractivity contribution >= 4 is 11.8 Å². The van der Waals surface area contributed by atoms with E-state index in [0.717, 1.165) is 19.4 Å². The Morgan fingerprint density at radius 1 is 1.09 bits per heavy atom. The van der Waals surface area contributed by atoms with E-state index >= 15 is 0 Å². The van der Waals surface area contributed by atoms with E-state index in [-0.39, 0.29) is 30.3 Å². The molecule has 0 atom stereocenters. The quantitative estimate of drug-likeness (QED) is 0.646. The van der Waals surface area contributed by atoms with Crippen LogP contribution in [0.25, 0.3) is 0 Å². The predicted octanol–water partition coefficient (Wildman–Crippen LogP) is 3.28. The molecule has 0 aliphatic heterocycles. The molecular formula is C18H38N2O3. The van der Waals surface area contributed by atoms with Gasteiger partial charge in [-0.25, -0.2) is 0 Å². The lowest BCUT2D eigenvalue weighted by molar-refractivity contribution is -0.126. The minimum Gasteiger partial charge on any atom is -0.375 e. The first-order valence-corrected chi connectivity index (χ1v) is 8.79. The maximum Gasteiger partial charge on any atom is 0.220 e. The van der Waals surface area contributed by atoms with Gasteiger partial charge in [0, 0.05) is 33.0 Å². The standard InChI is InChI=1S/C15H30N2O3.C3H8/c1-12(2)8-11-20-15(3,4)9-10-17-14(19)7-6-13(18)16-5;1-3-2/h12H,6-11H2,1-5H3,(H,16,18)(H,17,19);3H2,1-2H3. The molecule has 0 fully saturated rings. The van der Waals surface area contributed by atoms with Crippen LogP contribution in [0.3, 0.4) is 0 Å².